The number of aliphatic carboxylic acids is 1. The molecular weight excluding hydrogens is 1120 g/mol. The van der Waals surface area contributed by atoms with Crippen LogP contribution in [-0.4, -0.2) is 58.4 Å². The van der Waals surface area contributed by atoms with Crippen LogP contribution in [0.25, 0.3) is 22.3 Å². The number of hydrogen-bond donors (Lipinski definition) is 5. The van der Waals surface area contributed by atoms with Crippen molar-refractivity contribution in [2.24, 2.45) is 34.5 Å². The minimum Gasteiger partial charge on any atom is -0.481 e. The van der Waals surface area contributed by atoms with Crippen LogP contribution in [0.5, 0.6) is 0 Å². The van der Waals surface area contributed by atoms with Gasteiger partial charge in [-0.3, -0.25) is 28.8 Å². The lowest BCUT2D eigenvalue weighted by Crippen LogP contribution is -2.56. The Balaban J connectivity index is 0.000000329. The second kappa shape index (κ2) is 34.4. The van der Waals surface area contributed by atoms with Crippen LogP contribution >= 0.6 is 0 Å². The lowest BCUT2D eigenvalue weighted by Gasteiger charge is -2.34. The predicted molar refractivity (Wildman–Crippen MR) is 365 cm³/mol. The van der Waals surface area contributed by atoms with E-state index in [0.717, 1.165) is 36.0 Å². The molecule has 0 aliphatic heterocycles. The molecule has 0 aromatic heterocycles. The number of carbonyl (C=O) groups excluding carboxylic acids is 5. The van der Waals surface area contributed by atoms with Gasteiger partial charge < -0.3 is 31.1 Å². The Kier molecular flexibility index (Phi) is 27.8. The van der Waals surface area contributed by atoms with Crippen molar-refractivity contribution in [1.82, 2.24) is 21.3 Å². The summed E-state index contributed by atoms with van der Waals surface area (Å²) in [5.74, 6) is -5.35. The molecule has 12 heteroatoms. The van der Waals surface area contributed by atoms with Gasteiger partial charge in [-0.2, -0.15) is 0 Å². The molecule has 8 atom stereocenters. The summed E-state index contributed by atoms with van der Waals surface area (Å²) in [5.41, 5.74) is 9.58. The van der Waals surface area contributed by atoms with Crippen LogP contribution in [0.2, 0.25) is 0 Å². The first-order valence-electron chi connectivity index (χ1n) is 32.6. The fourth-order valence-corrected chi connectivity index (χ4v) is 11.8. The number of esters is 1. The third-order valence-electron chi connectivity index (χ3n) is 16.7. The number of aryl methyl sites for hydroxylation is 4. The smallest absolute Gasteiger partial charge is 0.310 e. The van der Waals surface area contributed by atoms with Gasteiger partial charge in [0.15, 0.2) is 0 Å². The van der Waals surface area contributed by atoms with E-state index in [-0.39, 0.29) is 41.7 Å². The molecule has 0 aliphatic carbocycles. The van der Waals surface area contributed by atoms with Crippen LogP contribution in [0.4, 0.5) is 0 Å². The van der Waals surface area contributed by atoms with Gasteiger partial charge in [0.25, 0.3) is 0 Å². The number of nitrogens with one attached hydrogen (secondary N) is 4. The standard InChI is InChI=1S/C41H56N2O4.C37H48N2O4/c1-10-18-35(39(46)47-41(7,8)9)34(24-17-19-30-25-26-33(28(2)27-30)32-22-15-12-16-23-32)37(44)43-36(40(4,5)6)38(45)42-29(3)31-20-13-11-14-21-31;1-7-15-32(36(42)43)31(21-14-16-27-22-23-30(25(2)24-27)29-19-12-9-13-20-29)34(40)39-33(37(4,5)6)35(41)38-26(3)28-17-10-8-11-18-28/h11-16,20-23,25-27,29,34-36H,10,17-19,24H2,1-9H3,(H,42,45)(H,43,44);8-13,17-20,22-24,26,31-33H,7,14-16,21H2,1-6H3,(H,38,41)(H,39,40)(H,42,43)/t29-,34-,35+,36-;26-,31-,32+,33-/m11/s1. The Bertz CT molecular complexity index is 3240. The molecule has 0 aliphatic rings. The second-order valence-corrected chi connectivity index (χ2v) is 27.6. The van der Waals surface area contributed by atoms with Crippen LogP contribution in [0.3, 0.4) is 0 Å². The zero-order valence-electron chi connectivity index (χ0n) is 56.5. The summed E-state index contributed by atoms with van der Waals surface area (Å²) in [4.78, 5) is 81.2. The average Bonchev–Trinajstić information content (AvgIpc) is 1.63. The Morgan fingerprint density at radius 1 is 0.433 bits per heavy atom. The van der Waals surface area contributed by atoms with Crippen molar-refractivity contribution in [3.05, 3.63) is 191 Å². The van der Waals surface area contributed by atoms with E-state index in [2.05, 4.69) is 95.8 Å². The van der Waals surface area contributed by atoms with Gasteiger partial charge in [-0.15, -0.1) is 0 Å². The fourth-order valence-electron chi connectivity index (χ4n) is 11.8. The summed E-state index contributed by atoms with van der Waals surface area (Å²) >= 11 is 0. The Morgan fingerprint density at radius 2 is 0.778 bits per heavy atom. The number of ether oxygens (including phenoxy) is 1. The molecule has 0 unspecified atom stereocenters. The lowest BCUT2D eigenvalue weighted by molar-refractivity contribution is -0.164. The van der Waals surface area contributed by atoms with E-state index in [0.29, 0.717) is 44.9 Å². The van der Waals surface area contributed by atoms with E-state index in [1.807, 2.05) is 187 Å². The van der Waals surface area contributed by atoms with Crippen LogP contribution in [0, 0.1) is 48.3 Å². The first-order valence-corrected chi connectivity index (χ1v) is 32.6. The van der Waals surface area contributed by atoms with Crippen molar-refractivity contribution >= 4 is 35.6 Å². The number of rotatable bonds is 28. The molecule has 6 aromatic carbocycles. The van der Waals surface area contributed by atoms with E-state index >= 15 is 0 Å². The Labute approximate surface area is 538 Å². The highest BCUT2D eigenvalue weighted by Gasteiger charge is 2.41. The monoisotopic (exact) mass is 1220 g/mol. The summed E-state index contributed by atoms with van der Waals surface area (Å²) in [7, 11) is 0. The minimum atomic E-state index is -0.973. The maximum Gasteiger partial charge on any atom is 0.310 e. The molecule has 0 bridgehead atoms. The van der Waals surface area contributed by atoms with Gasteiger partial charge >= 0.3 is 11.9 Å². The number of carboxylic acid groups (broad SMARTS) is 1. The predicted octanol–water partition coefficient (Wildman–Crippen LogP) is 16.3. The van der Waals surface area contributed by atoms with Crippen LogP contribution in [-0.2, 0) is 46.3 Å². The van der Waals surface area contributed by atoms with Crippen molar-refractivity contribution in [2.75, 3.05) is 0 Å². The highest BCUT2D eigenvalue weighted by Crippen LogP contribution is 2.33. The highest BCUT2D eigenvalue weighted by molar-refractivity contribution is 5.92. The summed E-state index contributed by atoms with van der Waals surface area (Å²) in [6, 6.07) is 50.9. The van der Waals surface area contributed by atoms with Crippen LogP contribution in [0.1, 0.15) is 187 Å². The number of hydrogen-bond acceptors (Lipinski definition) is 7. The minimum absolute atomic E-state index is 0.229. The van der Waals surface area contributed by atoms with Crippen LogP contribution < -0.4 is 21.3 Å². The molecule has 6 aromatic rings. The maximum absolute atomic E-state index is 14.2. The molecule has 0 saturated carbocycles. The van der Waals surface area contributed by atoms with E-state index in [4.69, 9.17) is 4.74 Å². The van der Waals surface area contributed by atoms with Gasteiger partial charge in [-0.25, -0.2) is 0 Å². The molecule has 0 saturated heterocycles. The number of carboxylic acids is 1. The highest BCUT2D eigenvalue weighted by atomic mass is 16.6. The lowest BCUT2D eigenvalue weighted by atomic mass is 9.81. The Hall–Kier alpha value is -7.86. The van der Waals surface area contributed by atoms with Gasteiger partial charge in [0.1, 0.15) is 17.7 Å². The van der Waals surface area contributed by atoms with Crippen molar-refractivity contribution in [3.63, 3.8) is 0 Å². The van der Waals surface area contributed by atoms with Gasteiger partial charge in [0.2, 0.25) is 23.6 Å². The van der Waals surface area contributed by atoms with E-state index in [1.54, 1.807) is 0 Å². The van der Waals surface area contributed by atoms with Crippen LogP contribution in [0.15, 0.2) is 158 Å². The first-order chi connectivity index (χ1) is 42.5. The largest absolute Gasteiger partial charge is 0.481 e. The van der Waals surface area contributed by atoms with Gasteiger partial charge in [0.05, 0.1) is 35.8 Å². The number of carbonyl (C=O) groups is 6. The topological polar surface area (TPSA) is 180 Å². The molecule has 484 valence electrons. The number of amides is 4. The molecule has 0 heterocycles. The van der Waals surface area contributed by atoms with Gasteiger partial charge in [-0.1, -0.05) is 226 Å². The zero-order chi connectivity index (χ0) is 66.3. The van der Waals surface area contributed by atoms with Crippen molar-refractivity contribution < 1.29 is 38.6 Å². The molecule has 0 fully saturated rings. The van der Waals surface area contributed by atoms with Crippen molar-refractivity contribution in [1.29, 1.82) is 0 Å². The second-order valence-electron chi connectivity index (χ2n) is 27.6. The molecule has 4 amide bonds. The molecule has 12 nitrogen and oxygen atoms in total. The van der Waals surface area contributed by atoms with Gasteiger partial charge in [-0.05, 0) is 166 Å². The van der Waals surface area contributed by atoms with Crippen molar-refractivity contribution in [3.8, 4) is 22.3 Å². The average molecular weight is 1230 g/mol. The summed E-state index contributed by atoms with van der Waals surface area (Å²) < 4.78 is 5.84. The zero-order valence-corrected chi connectivity index (χ0v) is 56.5. The van der Waals surface area contributed by atoms with Crippen molar-refractivity contribution in [2.45, 2.75) is 198 Å². The first kappa shape index (κ1) is 72.9. The van der Waals surface area contributed by atoms with E-state index < -0.39 is 58.2 Å². The fraction of sp³-hybridized carbons (Fsp3) is 0.462. The quantitative estimate of drug-likeness (QED) is 0.0301. The molecule has 90 heavy (non-hydrogen) atoms. The molecular formula is C78H104N4O8. The third kappa shape index (κ3) is 22.6. The molecule has 0 radical (unpaired) electrons. The summed E-state index contributed by atoms with van der Waals surface area (Å²) in [6.45, 7) is 29.1. The number of benzene rings is 6. The Morgan fingerprint density at radius 3 is 1.10 bits per heavy atom. The molecule has 5 N–H and O–H groups in total. The normalized spacial score (nSPS) is 14.3. The molecule has 6 rings (SSSR count). The summed E-state index contributed by atoms with van der Waals surface area (Å²) in [6.07, 6.45) is 6.08. The SMILES string of the molecule is CCC[C@H](C(=O)O)[C@@H](CCCc1ccc(-c2ccccc2)c(C)c1)C(=O)N[C@H](C(=O)N[C@H](C)c1ccccc1)C(C)(C)C.CCC[C@H](C(=O)OC(C)(C)C)[C@@H](CCCc1ccc(-c2ccccc2)c(C)c1)C(=O)N[C@H](C(=O)N[C@H](C)c1ccccc1)C(C)(C)C. The third-order valence-corrected chi connectivity index (χ3v) is 16.7. The maximum atomic E-state index is 14.2. The van der Waals surface area contributed by atoms with E-state index in [9.17, 15) is 33.9 Å². The summed E-state index contributed by atoms with van der Waals surface area (Å²) in [5, 5.41) is 22.3. The van der Waals surface area contributed by atoms with E-state index in [1.165, 1.54) is 38.9 Å². The molecule has 0 spiro atoms. The van der Waals surface area contributed by atoms with Gasteiger partial charge in [0, 0.05) is 0 Å².